The molecule has 0 saturated carbocycles. The number of carbonyl (C=O) groups is 1. The molecule has 1 saturated heterocycles. The number of hydrogen-bond donors (Lipinski definition) is 1. The average Bonchev–Trinajstić information content (AvgIpc) is 2.82. The molecule has 1 aromatic heterocycles. The molecular weight excluding hydrogens is 384 g/mol. The number of rotatable bonds is 8. The molecule has 4 rings (SSSR count). The fraction of sp³-hybridized carbons (Fsp3) is 0.308. The van der Waals surface area contributed by atoms with Crippen LogP contribution in [0.5, 0.6) is 0 Å². The quantitative estimate of drug-likeness (QED) is 0.615. The minimum Gasteiger partial charge on any atom is -0.348 e. The molecule has 160 valence electrons. The molecule has 1 aliphatic heterocycles. The number of nitrogens with zero attached hydrogens (tertiary/aromatic N) is 3. The van der Waals surface area contributed by atoms with E-state index in [1.54, 1.807) is 0 Å². The lowest BCUT2D eigenvalue weighted by molar-refractivity contribution is -0.123. The largest absolute Gasteiger partial charge is 0.348 e. The highest BCUT2D eigenvalue weighted by Crippen LogP contribution is 2.18. The monoisotopic (exact) mass is 414 g/mol. The van der Waals surface area contributed by atoms with Gasteiger partial charge in [-0.2, -0.15) is 0 Å². The second-order valence-electron chi connectivity index (χ2n) is 8.13. The summed E-state index contributed by atoms with van der Waals surface area (Å²) >= 11 is 0. The van der Waals surface area contributed by atoms with Gasteiger partial charge >= 0.3 is 0 Å². The Hall–Kier alpha value is -3.02. The summed E-state index contributed by atoms with van der Waals surface area (Å²) < 4.78 is 0. The molecule has 1 amide bonds. The van der Waals surface area contributed by atoms with Gasteiger partial charge in [-0.15, -0.1) is 0 Å². The molecule has 1 atom stereocenters. The maximum atomic E-state index is 12.9. The molecule has 0 aliphatic carbocycles. The lowest BCUT2D eigenvalue weighted by Gasteiger charge is -2.34. The van der Waals surface area contributed by atoms with Crippen LogP contribution in [0.4, 0.5) is 0 Å². The maximum Gasteiger partial charge on any atom is 0.234 e. The average molecular weight is 415 g/mol. The molecule has 5 heteroatoms. The molecule has 31 heavy (non-hydrogen) atoms. The summed E-state index contributed by atoms with van der Waals surface area (Å²) in [4.78, 5) is 21.7. The van der Waals surface area contributed by atoms with E-state index in [0.29, 0.717) is 6.54 Å². The molecule has 1 fully saturated rings. The third-order valence-electron chi connectivity index (χ3n) is 5.81. The number of aromatic nitrogens is 1. The number of amides is 1. The van der Waals surface area contributed by atoms with E-state index in [-0.39, 0.29) is 11.9 Å². The van der Waals surface area contributed by atoms with Gasteiger partial charge in [-0.05, 0) is 35.2 Å². The predicted octanol–water partition coefficient (Wildman–Crippen LogP) is 3.30. The van der Waals surface area contributed by atoms with Gasteiger partial charge in [-0.1, -0.05) is 60.7 Å². The summed E-state index contributed by atoms with van der Waals surface area (Å²) in [6, 6.07) is 24.7. The molecule has 5 nitrogen and oxygen atoms in total. The molecule has 1 unspecified atom stereocenters. The lowest BCUT2D eigenvalue weighted by Crippen LogP contribution is -2.49. The summed E-state index contributed by atoms with van der Waals surface area (Å²) in [6.45, 7) is 5.15. The summed E-state index contributed by atoms with van der Waals surface area (Å²) in [7, 11) is 0. The molecule has 2 heterocycles. The van der Waals surface area contributed by atoms with Crippen molar-refractivity contribution in [2.75, 3.05) is 32.7 Å². The van der Waals surface area contributed by atoms with Crippen LogP contribution in [0.2, 0.25) is 0 Å². The van der Waals surface area contributed by atoms with Crippen molar-refractivity contribution in [2.45, 2.75) is 19.0 Å². The fourth-order valence-corrected chi connectivity index (χ4v) is 4.08. The van der Waals surface area contributed by atoms with Gasteiger partial charge in [0.1, 0.15) is 0 Å². The Morgan fingerprint density at radius 1 is 0.806 bits per heavy atom. The van der Waals surface area contributed by atoms with Crippen molar-refractivity contribution in [1.29, 1.82) is 0 Å². The van der Waals surface area contributed by atoms with Gasteiger partial charge < -0.3 is 5.32 Å². The van der Waals surface area contributed by atoms with Crippen molar-refractivity contribution >= 4 is 5.91 Å². The van der Waals surface area contributed by atoms with Crippen LogP contribution < -0.4 is 5.32 Å². The van der Waals surface area contributed by atoms with Crippen LogP contribution >= 0.6 is 0 Å². The molecule has 1 N–H and O–H groups in total. The highest BCUT2D eigenvalue weighted by molar-refractivity contribution is 5.78. The molecule has 0 radical (unpaired) electrons. The van der Waals surface area contributed by atoms with Gasteiger partial charge in [-0.25, -0.2) is 0 Å². The Labute approximate surface area is 184 Å². The van der Waals surface area contributed by atoms with E-state index >= 15 is 0 Å². The van der Waals surface area contributed by atoms with Crippen LogP contribution in [0.1, 0.15) is 22.7 Å². The highest BCUT2D eigenvalue weighted by Gasteiger charge is 2.21. The van der Waals surface area contributed by atoms with E-state index in [4.69, 9.17) is 0 Å². The summed E-state index contributed by atoms with van der Waals surface area (Å²) in [5, 5.41) is 3.28. The molecule has 2 aromatic carbocycles. The number of piperazine rings is 1. The van der Waals surface area contributed by atoms with Gasteiger partial charge in [0.2, 0.25) is 5.91 Å². The number of benzene rings is 2. The van der Waals surface area contributed by atoms with E-state index in [2.05, 4.69) is 56.5 Å². The molecule has 0 bridgehead atoms. The first kappa shape index (κ1) is 21.2. The van der Waals surface area contributed by atoms with Crippen molar-refractivity contribution in [3.63, 3.8) is 0 Å². The molecular formula is C26H30N4O. The third-order valence-corrected chi connectivity index (χ3v) is 5.81. The smallest absolute Gasteiger partial charge is 0.234 e. The number of nitrogens with one attached hydrogen (secondary N) is 1. The van der Waals surface area contributed by atoms with Gasteiger partial charge in [0.15, 0.2) is 0 Å². The van der Waals surface area contributed by atoms with Crippen molar-refractivity contribution < 1.29 is 4.79 Å². The second-order valence-corrected chi connectivity index (χ2v) is 8.13. The number of hydrogen-bond acceptors (Lipinski definition) is 4. The minimum atomic E-state index is -0.0240. The van der Waals surface area contributed by atoms with E-state index in [9.17, 15) is 4.79 Å². The molecule has 3 aromatic rings. The summed E-state index contributed by atoms with van der Waals surface area (Å²) in [6.07, 6.45) is 4.47. The van der Waals surface area contributed by atoms with Gasteiger partial charge in [0, 0.05) is 45.1 Å². The zero-order chi connectivity index (χ0) is 21.3. The van der Waals surface area contributed by atoms with Crippen molar-refractivity contribution in [1.82, 2.24) is 20.1 Å². The van der Waals surface area contributed by atoms with Crippen LogP contribution in [0.15, 0.2) is 85.2 Å². The summed E-state index contributed by atoms with van der Waals surface area (Å²) in [5.41, 5.74) is 3.65. The van der Waals surface area contributed by atoms with Crippen LogP contribution in [-0.4, -0.2) is 53.4 Å². The lowest BCUT2D eigenvalue weighted by atomic mass is 9.99. The van der Waals surface area contributed by atoms with Gasteiger partial charge in [0.25, 0.3) is 0 Å². The summed E-state index contributed by atoms with van der Waals surface area (Å²) in [5.74, 6) is 0.0902. The van der Waals surface area contributed by atoms with Crippen LogP contribution in [0.25, 0.3) is 0 Å². The third kappa shape index (κ3) is 6.48. The van der Waals surface area contributed by atoms with Crippen molar-refractivity contribution in [3.8, 4) is 0 Å². The van der Waals surface area contributed by atoms with E-state index in [1.807, 2.05) is 48.8 Å². The minimum absolute atomic E-state index is 0.0240. The first-order chi connectivity index (χ1) is 15.3. The Balaban J connectivity index is 1.30. The SMILES string of the molecule is O=C(CN1CCN(Cc2ccncc2)CC1)NC(Cc1ccccc1)c1ccccc1. The second kappa shape index (κ2) is 10.8. The first-order valence-electron chi connectivity index (χ1n) is 11.0. The zero-order valence-electron chi connectivity index (χ0n) is 17.9. The topological polar surface area (TPSA) is 48.5 Å². The predicted molar refractivity (Wildman–Crippen MR) is 123 cm³/mol. The van der Waals surface area contributed by atoms with Crippen LogP contribution in [-0.2, 0) is 17.8 Å². The molecule has 1 aliphatic rings. The van der Waals surface area contributed by atoms with E-state index in [1.165, 1.54) is 11.1 Å². The standard InChI is InChI=1S/C26H30N4O/c31-26(21-30-17-15-29(16-18-30)20-23-11-13-27-14-12-23)28-25(24-9-5-2-6-10-24)19-22-7-3-1-4-8-22/h1-14,25H,15-21H2,(H,28,31). The number of carbonyl (C=O) groups excluding carboxylic acids is 1. The van der Waals surface area contributed by atoms with Crippen molar-refractivity contribution in [3.05, 3.63) is 102 Å². The van der Waals surface area contributed by atoms with Crippen LogP contribution in [0.3, 0.4) is 0 Å². The fourth-order valence-electron chi connectivity index (χ4n) is 4.08. The van der Waals surface area contributed by atoms with Crippen LogP contribution in [0, 0.1) is 0 Å². The molecule has 0 spiro atoms. The Morgan fingerprint density at radius 2 is 1.42 bits per heavy atom. The zero-order valence-corrected chi connectivity index (χ0v) is 17.9. The van der Waals surface area contributed by atoms with E-state index < -0.39 is 0 Å². The van der Waals surface area contributed by atoms with Gasteiger partial charge in [-0.3, -0.25) is 19.6 Å². The maximum absolute atomic E-state index is 12.9. The Morgan fingerprint density at radius 3 is 2.10 bits per heavy atom. The van der Waals surface area contributed by atoms with Crippen molar-refractivity contribution in [2.24, 2.45) is 0 Å². The first-order valence-corrected chi connectivity index (χ1v) is 11.0. The van der Waals surface area contributed by atoms with Gasteiger partial charge in [0.05, 0.1) is 12.6 Å². The normalized spacial score (nSPS) is 16.0. The Bertz CT molecular complexity index is 925. The Kier molecular flexibility index (Phi) is 7.42. The van der Waals surface area contributed by atoms with E-state index in [0.717, 1.165) is 44.7 Å². The number of pyridine rings is 1. The highest BCUT2D eigenvalue weighted by atomic mass is 16.2.